The van der Waals surface area contributed by atoms with Gasteiger partial charge in [0.05, 0.1) is 25.0 Å². The number of nitrogens with zero attached hydrogens (tertiary/aromatic N) is 2. The van der Waals surface area contributed by atoms with E-state index in [1.54, 1.807) is 0 Å². The van der Waals surface area contributed by atoms with Crippen molar-refractivity contribution in [3.63, 3.8) is 0 Å². The Hall–Kier alpha value is -1.28. The molecule has 1 aliphatic rings. The van der Waals surface area contributed by atoms with E-state index in [1.807, 2.05) is 0 Å². The fourth-order valence-corrected chi connectivity index (χ4v) is 3.78. The van der Waals surface area contributed by atoms with Gasteiger partial charge in [0.2, 0.25) is 0 Å². The molecule has 0 amide bonds. The first kappa shape index (κ1) is 28.0. The SMILES string of the molecule is FC(F)(F)C(c1ccc(Br)nc1)C1COC1.OCC(CO)C(c1ccc(Br)nc1)C(F)(F)F. The third-order valence-corrected chi connectivity index (χ3v) is 5.94. The van der Waals surface area contributed by atoms with Crippen LogP contribution in [0.25, 0.3) is 0 Å². The molecule has 0 saturated carbocycles. The quantitative estimate of drug-likeness (QED) is 0.347. The van der Waals surface area contributed by atoms with E-state index in [9.17, 15) is 26.3 Å². The molecule has 184 valence electrons. The summed E-state index contributed by atoms with van der Waals surface area (Å²) in [5.41, 5.74) is 0.123. The molecular formula is C20H20Br2F6N2O3. The van der Waals surface area contributed by atoms with Crippen molar-refractivity contribution in [3.05, 3.63) is 57.0 Å². The van der Waals surface area contributed by atoms with Crippen molar-refractivity contribution in [2.75, 3.05) is 26.4 Å². The smallest absolute Gasteiger partial charge is 0.396 e. The normalized spacial score (nSPS) is 16.6. The molecule has 1 saturated heterocycles. The van der Waals surface area contributed by atoms with Crippen molar-refractivity contribution >= 4 is 31.9 Å². The molecule has 3 rings (SSSR count). The maximum atomic E-state index is 12.9. The first-order valence-corrected chi connectivity index (χ1v) is 11.1. The summed E-state index contributed by atoms with van der Waals surface area (Å²) in [5.74, 6) is -5.15. The van der Waals surface area contributed by atoms with Crippen LogP contribution in [-0.4, -0.2) is 59.0 Å². The monoisotopic (exact) mass is 608 g/mol. The first-order chi connectivity index (χ1) is 15.4. The number of aliphatic hydroxyl groups is 2. The summed E-state index contributed by atoms with van der Waals surface area (Å²) >= 11 is 6.12. The van der Waals surface area contributed by atoms with Gasteiger partial charge in [-0.1, -0.05) is 12.1 Å². The van der Waals surface area contributed by atoms with Gasteiger partial charge < -0.3 is 14.9 Å². The molecule has 33 heavy (non-hydrogen) atoms. The maximum Gasteiger partial charge on any atom is 0.396 e. The fourth-order valence-electron chi connectivity index (χ4n) is 3.31. The average molecular weight is 610 g/mol. The Morgan fingerprint density at radius 2 is 1.33 bits per heavy atom. The summed E-state index contributed by atoms with van der Waals surface area (Å²) in [5, 5.41) is 17.8. The molecule has 0 aromatic carbocycles. The van der Waals surface area contributed by atoms with E-state index in [0.29, 0.717) is 9.21 Å². The van der Waals surface area contributed by atoms with Crippen molar-refractivity contribution in [1.29, 1.82) is 0 Å². The minimum Gasteiger partial charge on any atom is -0.396 e. The van der Waals surface area contributed by atoms with Crippen LogP contribution in [0.4, 0.5) is 26.3 Å². The molecule has 2 aromatic heterocycles. The molecule has 0 spiro atoms. The topological polar surface area (TPSA) is 75.5 Å². The van der Waals surface area contributed by atoms with E-state index < -0.39 is 49.2 Å². The van der Waals surface area contributed by atoms with Gasteiger partial charge in [-0.25, -0.2) is 9.97 Å². The van der Waals surface area contributed by atoms with Gasteiger partial charge in [-0.3, -0.25) is 0 Å². The lowest BCUT2D eigenvalue weighted by molar-refractivity contribution is -0.191. The summed E-state index contributed by atoms with van der Waals surface area (Å²) in [6.07, 6.45) is -6.43. The Kier molecular flexibility index (Phi) is 10.1. The fraction of sp³-hybridized carbons (Fsp3) is 0.500. The number of aromatic nitrogens is 2. The van der Waals surface area contributed by atoms with Crippen LogP contribution in [0, 0.1) is 11.8 Å². The third-order valence-electron chi connectivity index (χ3n) is 5.00. The molecule has 0 aliphatic carbocycles. The highest BCUT2D eigenvalue weighted by atomic mass is 79.9. The number of alkyl halides is 6. The predicted molar refractivity (Wildman–Crippen MR) is 113 cm³/mol. The maximum absolute atomic E-state index is 12.9. The number of rotatable bonds is 6. The van der Waals surface area contributed by atoms with E-state index in [2.05, 4.69) is 41.8 Å². The van der Waals surface area contributed by atoms with Crippen LogP contribution < -0.4 is 0 Å². The molecule has 0 radical (unpaired) electrons. The van der Waals surface area contributed by atoms with E-state index in [1.165, 1.54) is 30.5 Å². The summed E-state index contributed by atoms with van der Waals surface area (Å²) in [6, 6.07) is 5.63. The second-order valence-electron chi connectivity index (χ2n) is 7.29. The molecule has 3 heterocycles. The van der Waals surface area contributed by atoms with Gasteiger partial charge in [0.15, 0.2) is 0 Å². The van der Waals surface area contributed by atoms with Crippen LogP contribution in [0.15, 0.2) is 45.9 Å². The number of hydrogen-bond acceptors (Lipinski definition) is 5. The standard InChI is InChI=1S/C10H11BrF3NO2.C10H9BrF3NO/c11-8-2-1-6(3-15-8)9(10(12,13)14)7(4-16)5-17;11-8-2-1-6(3-15-8)9(10(12,13)14)7-4-16-5-7/h1-3,7,9,16-17H,4-5H2;1-3,7,9H,4-5H2. The minimum atomic E-state index is -4.54. The van der Waals surface area contributed by atoms with Gasteiger partial charge in [-0.05, 0) is 55.1 Å². The minimum absolute atomic E-state index is 0.0752. The van der Waals surface area contributed by atoms with E-state index in [0.717, 1.165) is 6.20 Å². The number of halogens is 8. The zero-order valence-corrected chi connectivity index (χ0v) is 20.0. The Morgan fingerprint density at radius 3 is 1.64 bits per heavy atom. The number of hydrogen-bond donors (Lipinski definition) is 2. The molecule has 1 fully saturated rings. The molecule has 13 heteroatoms. The van der Waals surface area contributed by atoms with Crippen molar-refractivity contribution in [2.24, 2.45) is 11.8 Å². The third kappa shape index (κ3) is 7.88. The Bertz CT molecular complexity index is 858. The van der Waals surface area contributed by atoms with Crippen LogP contribution in [0.1, 0.15) is 23.0 Å². The van der Waals surface area contributed by atoms with Crippen LogP contribution in [-0.2, 0) is 4.74 Å². The summed E-state index contributed by atoms with van der Waals surface area (Å²) in [6.45, 7) is -1.14. The molecule has 5 nitrogen and oxygen atoms in total. The van der Waals surface area contributed by atoms with Crippen molar-refractivity contribution in [1.82, 2.24) is 9.97 Å². The van der Waals surface area contributed by atoms with Gasteiger partial charge in [-0.2, -0.15) is 26.3 Å². The largest absolute Gasteiger partial charge is 0.396 e. The van der Waals surface area contributed by atoms with Crippen LogP contribution >= 0.6 is 31.9 Å². The second kappa shape index (κ2) is 11.9. The van der Waals surface area contributed by atoms with Crippen molar-refractivity contribution in [3.8, 4) is 0 Å². The van der Waals surface area contributed by atoms with Gasteiger partial charge in [0.1, 0.15) is 9.21 Å². The highest BCUT2D eigenvalue weighted by molar-refractivity contribution is 9.10. The molecular weight excluding hydrogens is 590 g/mol. The van der Waals surface area contributed by atoms with Crippen LogP contribution in [0.3, 0.4) is 0 Å². The zero-order chi connectivity index (χ0) is 24.8. The Labute approximate surface area is 202 Å². The van der Waals surface area contributed by atoms with Crippen LogP contribution in [0.2, 0.25) is 0 Å². The Balaban J connectivity index is 0.000000234. The molecule has 1 aliphatic heterocycles. The number of pyridine rings is 2. The second-order valence-corrected chi connectivity index (χ2v) is 8.91. The van der Waals surface area contributed by atoms with E-state index in [-0.39, 0.29) is 24.3 Å². The highest BCUT2D eigenvalue weighted by Gasteiger charge is 2.48. The first-order valence-electron chi connectivity index (χ1n) is 9.54. The average Bonchev–Trinajstić information content (AvgIpc) is 2.69. The predicted octanol–water partition coefficient (Wildman–Crippen LogP) is 5.23. The van der Waals surface area contributed by atoms with Gasteiger partial charge in [-0.15, -0.1) is 0 Å². The summed E-state index contributed by atoms with van der Waals surface area (Å²) in [7, 11) is 0. The molecule has 2 N–H and O–H groups in total. The van der Waals surface area contributed by atoms with E-state index in [4.69, 9.17) is 14.9 Å². The van der Waals surface area contributed by atoms with Crippen molar-refractivity contribution in [2.45, 2.75) is 24.2 Å². The lowest BCUT2D eigenvalue weighted by Crippen LogP contribution is -2.40. The van der Waals surface area contributed by atoms with Crippen molar-refractivity contribution < 1.29 is 41.3 Å². The van der Waals surface area contributed by atoms with Crippen LogP contribution in [0.5, 0.6) is 0 Å². The lowest BCUT2D eigenvalue weighted by Gasteiger charge is -2.34. The van der Waals surface area contributed by atoms with E-state index >= 15 is 0 Å². The Morgan fingerprint density at radius 1 is 0.848 bits per heavy atom. The zero-order valence-electron chi connectivity index (χ0n) is 16.8. The molecule has 2 atom stereocenters. The van der Waals surface area contributed by atoms with Gasteiger partial charge in [0.25, 0.3) is 0 Å². The summed E-state index contributed by atoms with van der Waals surface area (Å²) in [4.78, 5) is 7.55. The van der Waals surface area contributed by atoms with Gasteiger partial charge >= 0.3 is 12.4 Å². The molecule has 0 bridgehead atoms. The molecule has 2 unspecified atom stereocenters. The highest BCUT2D eigenvalue weighted by Crippen LogP contribution is 2.43. The summed E-state index contributed by atoms with van der Waals surface area (Å²) < 4.78 is 83.0. The lowest BCUT2D eigenvalue weighted by atomic mass is 9.85. The van der Waals surface area contributed by atoms with Gasteiger partial charge in [0, 0.05) is 37.4 Å². The number of aliphatic hydroxyl groups excluding tert-OH is 2. The molecule has 2 aromatic rings. The number of ether oxygens (including phenoxy) is 1.